The van der Waals surface area contributed by atoms with Crippen molar-refractivity contribution in [1.29, 1.82) is 0 Å². The van der Waals surface area contributed by atoms with E-state index in [1.54, 1.807) is 49.4 Å². The van der Waals surface area contributed by atoms with Crippen LogP contribution in [0.15, 0.2) is 65.6 Å². The summed E-state index contributed by atoms with van der Waals surface area (Å²) in [7, 11) is 0. The molecular formula is C28H24ClN3O7S. The van der Waals surface area contributed by atoms with E-state index in [0.29, 0.717) is 39.9 Å². The molecule has 0 radical (unpaired) electrons. The summed E-state index contributed by atoms with van der Waals surface area (Å²) in [4.78, 5) is 49.5. The summed E-state index contributed by atoms with van der Waals surface area (Å²) >= 11 is 6.91. The Morgan fingerprint density at radius 1 is 1.07 bits per heavy atom. The minimum absolute atomic E-state index is 0.00612. The number of carbonyl (C=O) groups is 3. The highest BCUT2D eigenvalue weighted by atomic mass is 35.5. The maximum atomic E-state index is 12.9. The van der Waals surface area contributed by atoms with Crippen LogP contribution in [0.25, 0.3) is 6.08 Å². The average molecular weight is 582 g/mol. The minimum atomic E-state index is -0.518. The number of hydrogen-bond donors (Lipinski definition) is 1. The largest absolute Gasteiger partial charge is 0.490 e. The number of rotatable bonds is 10. The van der Waals surface area contributed by atoms with Gasteiger partial charge in [0.2, 0.25) is 0 Å². The van der Waals surface area contributed by atoms with Gasteiger partial charge in [-0.15, -0.1) is 0 Å². The molecule has 3 aromatic rings. The van der Waals surface area contributed by atoms with E-state index in [2.05, 4.69) is 5.32 Å². The molecule has 1 N–H and O–H groups in total. The third-order valence-electron chi connectivity index (χ3n) is 5.74. The van der Waals surface area contributed by atoms with Crippen LogP contribution in [0.4, 0.5) is 16.2 Å². The second-order valence-electron chi connectivity index (χ2n) is 8.63. The molecule has 0 aliphatic carbocycles. The summed E-state index contributed by atoms with van der Waals surface area (Å²) in [5, 5.41) is 13.7. The SMILES string of the molecule is CCOc1cc(/C=C2\SC(=O)N(Cc3ccc([N+](=O)[O-])cc3)C2=O)ccc1OCC(=O)Nc1ccc(C)c(Cl)c1. The topological polar surface area (TPSA) is 128 Å². The molecular weight excluding hydrogens is 558 g/mol. The zero-order chi connectivity index (χ0) is 28.8. The predicted molar refractivity (Wildman–Crippen MR) is 153 cm³/mol. The van der Waals surface area contributed by atoms with Crippen LogP contribution in [0.2, 0.25) is 5.02 Å². The molecule has 0 bridgehead atoms. The number of nitro groups is 1. The van der Waals surface area contributed by atoms with Crippen molar-refractivity contribution in [2.24, 2.45) is 0 Å². The first kappa shape index (κ1) is 28.7. The Labute approximate surface area is 239 Å². The standard InChI is InChI=1S/C28H24ClN3O7S/c1-3-38-24-12-19(7-11-23(24)39-16-26(33)30-20-8-4-17(2)22(29)14-20)13-25-27(34)31(28(35)40-25)15-18-5-9-21(10-6-18)32(36)37/h4-14H,3,15-16H2,1-2H3,(H,30,33)/b25-13-. The molecule has 206 valence electrons. The minimum Gasteiger partial charge on any atom is -0.490 e. The molecule has 1 fully saturated rings. The van der Waals surface area contributed by atoms with Crippen LogP contribution in [-0.2, 0) is 16.1 Å². The highest BCUT2D eigenvalue weighted by molar-refractivity contribution is 8.18. The third-order valence-corrected chi connectivity index (χ3v) is 7.06. The lowest BCUT2D eigenvalue weighted by Gasteiger charge is -2.13. The molecule has 0 spiro atoms. The molecule has 0 atom stereocenters. The van der Waals surface area contributed by atoms with E-state index < -0.39 is 16.1 Å². The van der Waals surface area contributed by atoms with Gasteiger partial charge in [0.15, 0.2) is 18.1 Å². The van der Waals surface area contributed by atoms with Crippen molar-refractivity contribution in [3.05, 3.63) is 97.4 Å². The van der Waals surface area contributed by atoms with Crippen molar-refractivity contribution in [3.8, 4) is 11.5 Å². The van der Waals surface area contributed by atoms with Gasteiger partial charge in [0.05, 0.1) is 23.0 Å². The lowest BCUT2D eigenvalue weighted by atomic mass is 10.1. The molecule has 0 aromatic heterocycles. The summed E-state index contributed by atoms with van der Waals surface area (Å²) in [6.45, 7) is 3.72. The van der Waals surface area contributed by atoms with Gasteiger partial charge in [0, 0.05) is 22.8 Å². The summed E-state index contributed by atoms with van der Waals surface area (Å²) in [6, 6.07) is 15.8. The van der Waals surface area contributed by atoms with Crippen molar-refractivity contribution in [1.82, 2.24) is 4.90 Å². The zero-order valence-corrected chi connectivity index (χ0v) is 23.1. The van der Waals surface area contributed by atoms with E-state index in [1.165, 1.54) is 24.3 Å². The number of nitro benzene ring substituents is 1. The number of hydrogen-bond acceptors (Lipinski definition) is 8. The van der Waals surface area contributed by atoms with Gasteiger partial charge in [0.1, 0.15) is 0 Å². The second kappa shape index (κ2) is 12.7. The Morgan fingerprint density at radius 2 is 1.82 bits per heavy atom. The van der Waals surface area contributed by atoms with E-state index in [0.717, 1.165) is 22.2 Å². The molecule has 1 aliphatic rings. The van der Waals surface area contributed by atoms with Crippen LogP contribution in [0.1, 0.15) is 23.6 Å². The molecule has 40 heavy (non-hydrogen) atoms. The van der Waals surface area contributed by atoms with E-state index in [4.69, 9.17) is 21.1 Å². The quantitative estimate of drug-likeness (QED) is 0.170. The number of imide groups is 1. The maximum absolute atomic E-state index is 12.9. The summed E-state index contributed by atoms with van der Waals surface area (Å²) in [6.07, 6.45) is 1.57. The van der Waals surface area contributed by atoms with E-state index >= 15 is 0 Å². The molecule has 3 amide bonds. The predicted octanol–water partition coefficient (Wildman–Crippen LogP) is 6.21. The van der Waals surface area contributed by atoms with Crippen LogP contribution in [0.5, 0.6) is 11.5 Å². The maximum Gasteiger partial charge on any atom is 0.293 e. The monoisotopic (exact) mass is 581 g/mol. The van der Waals surface area contributed by atoms with E-state index in [-0.39, 0.29) is 29.7 Å². The number of anilines is 1. The highest BCUT2D eigenvalue weighted by Gasteiger charge is 2.35. The Balaban J connectivity index is 1.43. The number of carbonyl (C=O) groups excluding carboxylic acids is 3. The number of ether oxygens (including phenoxy) is 2. The molecule has 10 nitrogen and oxygen atoms in total. The van der Waals surface area contributed by atoms with Gasteiger partial charge in [-0.25, -0.2) is 0 Å². The Hall–Kier alpha value is -4.35. The summed E-state index contributed by atoms with van der Waals surface area (Å²) < 4.78 is 11.4. The van der Waals surface area contributed by atoms with Crippen LogP contribution >= 0.6 is 23.4 Å². The van der Waals surface area contributed by atoms with Gasteiger partial charge in [-0.3, -0.25) is 29.4 Å². The molecule has 1 heterocycles. The fourth-order valence-electron chi connectivity index (χ4n) is 3.71. The van der Waals surface area contributed by atoms with Gasteiger partial charge in [-0.05, 0) is 72.6 Å². The summed E-state index contributed by atoms with van der Waals surface area (Å²) in [5.41, 5.74) is 2.55. The zero-order valence-electron chi connectivity index (χ0n) is 21.5. The molecule has 1 aliphatic heterocycles. The number of non-ortho nitro benzene ring substituents is 1. The first-order valence-corrected chi connectivity index (χ1v) is 13.3. The van der Waals surface area contributed by atoms with Crippen LogP contribution in [-0.4, -0.2) is 40.1 Å². The number of thioether (sulfide) groups is 1. The van der Waals surface area contributed by atoms with Crippen molar-refractivity contribution >= 4 is 57.9 Å². The van der Waals surface area contributed by atoms with Crippen molar-refractivity contribution < 1.29 is 28.8 Å². The fourth-order valence-corrected chi connectivity index (χ4v) is 4.73. The van der Waals surface area contributed by atoms with Gasteiger partial charge in [-0.1, -0.05) is 35.9 Å². The van der Waals surface area contributed by atoms with Gasteiger partial charge < -0.3 is 14.8 Å². The molecule has 0 unspecified atom stereocenters. The van der Waals surface area contributed by atoms with Crippen LogP contribution in [0.3, 0.4) is 0 Å². The fraction of sp³-hybridized carbons (Fsp3) is 0.179. The average Bonchev–Trinajstić information content (AvgIpc) is 3.18. The number of halogens is 1. The highest BCUT2D eigenvalue weighted by Crippen LogP contribution is 2.35. The Kier molecular flexibility index (Phi) is 9.08. The van der Waals surface area contributed by atoms with Crippen LogP contribution < -0.4 is 14.8 Å². The number of nitrogens with one attached hydrogen (secondary N) is 1. The number of aryl methyl sites for hydroxylation is 1. The number of amides is 3. The summed E-state index contributed by atoms with van der Waals surface area (Å²) in [5.74, 6) is -0.150. The van der Waals surface area contributed by atoms with E-state index in [9.17, 15) is 24.5 Å². The lowest BCUT2D eigenvalue weighted by molar-refractivity contribution is -0.384. The second-order valence-corrected chi connectivity index (χ2v) is 10.0. The molecule has 4 rings (SSSR count). The molecule has 0 saturated carbocycles. The Morgan fingerprint density at radius 3 is 2.50 bits per heavy atom. The third kappa shape index (κ3) is 6.99. The van der Waals surface area contributed by atoms with Crippen LogP contribution in [0, 0.1) is 17.0 Å². The smallest absolute Gasteiger partial charge is 0.293 e. The van der Waals surface area contributed by atoms with E-state index in [1.807, 2.05) is 6.92 Å². The molecule has 12 heteroatoms. The Bertz CT molecular complexity index is 1510. The van der Waals surface area contributed by atoms with Crippen molar-refractivity contribution in [2.75, 3.05) is 18.5 Å². The molecule has 3 aromatic carbocycles. The first-order chi connectivity index (χ1) is 19.1. The number of nitrogens with zero attached hydrogens (tertiary/aromatic N) is 2. The normalized spacial score (nSPS) is 14.0. The number of benzene rings is 3. The van der Waals surface area contributed by atoms with Crippen molar-refractivity contribution in [3.63, 3.8) is 0 Å². The van der Waals surface area contributed by atoms with Gasteiger partial charge >= 0.3 is 0 Å². The first-order valence-electron chi connectivity index (χ1n) is 12.1. The lowest BCUT2D eigenvalue weighted by Crippen LogP contribution is -2.27. The molecule has 1 saturated heterocycles. The van der Waals surface area contributed by atoms with Gasteiger partial charge in [0.25, 0.3) is 22.7 Å². The van der Waals surface area contributed by atoms with Gasteiger partial charge in [-0.2, -0.15) is 0 Å². The van der Waals surface area contributed by atoms with Crippen molar-refractivity contribution in [2.45, 2.75) is 20.4 Å².